The van der Waals surface area contributed by atoms with Gasteiger partial charge in [-0.3, -0.25) is 0 Å². The summed E-state index contributed by atoms with van der Waals surface area (Å²) in [6, 6.07) is 12.6. The second-order valence-electron chi connectivity index (χ2n) is 5.13. The molecule has 0 fully saturated rings. The fourth-order valence-electron chi connectivity index (χ4n) is 2.49. The van der Waals surface area contributed by atoms with Gasteiger partial charge in [0.05, 0.1) is 17.3 Å². The van der Waals surface area contributed by atoms with E-state index in [1.54, 1.807) is 11.3 Å². The van der Waals surface area contributed by atoms with Gasteiger partial charge >= 0.3 is 0 Å². The molecule has 1 N–H and O–H groups in total. The number of aryl methyl sites for hydroxylation is 2. The highest BCUT2D eigenvalue weighted by Crippen LogP contribution is 2.36. The average Bonchev–Trinajstić information content (AvgIpc) is 2.75. The molecular weight excluding hydrogens is 366 g/mol. The van der Waals surface area contributed by atoms with Gasteiger partial charge in [-0.05, 0) is 53.0 Å². The Hall–Kier alpha value is -1.03. The van der Waals surface area contributed by atoms with Crippen LogP contribution in [0.15, 0.2) is 40.9 Å². The normalized spacial score (nSPS) is 11.0. The molecule has 0 saturated carbocycles. The van der Waals surface area contributed by atoms with Crippen LogP contribution in [0.4, 0.5) is 5.69 Å². The number of hydrogen-bond acceptors (Lipinski definition) is 2. The van der Waals surface area contributed by atoms with Gasteiger partial charge in [-0.2, -0.15) is 0 Å². The van der Waals surface area contributed by atoms with Gasteiger partial charge in [0.1, 0.15) is 0 Å². The number of fused-ring (bicyclic) bond motifs is 1. The number of anilines is 1. The van der Waals surface area contributed by atoms with E-state index in [1.807, 2.05) is 12.1 Å². The van der Waals surface area contributed by atoms with Crippen molar-refractivity contribution in [3.8, 4) is 0 Å². The molecule has 0 unspecified atom stereocenters. The molecule has 0 atom stereocenters. The lowest BCUT2D eigenvalue weighted by atomic mass is 10.1. The molecule has 21 heavy (non-hydrogen) atoms. The van der Waals surface area contributed by atoms with Crippen molar-refractivity contribution in [1.82, 2.24) is 0 Å². The molecule has 0 aliphatic carbocycles. The highest BCUT2D eigenvalue weighted by molar-refractivity contribution is 9.10. The van der Waals surface area contributed by atoms with Crippen molar-refractivity contribution < 1.29 is 0 Å². The van der Waals surface area contributed by atoms with Crippen LogP contribution in [0.2, 0.25) is 5.02 Å². The lowest BCUT2D eigenvalue weighted by Crippen LogP contribution is -2.01. The molecule has 0 spiro atoms. The first-order chi connectivity index (χ1) is 10.1. The fraction of sp³-hybridized carbons (Fsp3) is 0.176. The summed E-state index contributed by atoms with van der Waals surface area (Å²) >= 11 is 11.9. The molecule has 3 aromatic rings. The summed E-state index contributed by atoms with van der Waals surface area (Å²) in [7, 11) is 0. The number of hydrogen-bond donors (Lipinski definition) is 1. The molecule has 0 aliphatic heterocycles. The van der Waals surface area contributed by atoms with E-state index >= 15 is 0 Å². The van der Waals surface area contributed by atoms with Gasteiger partial charge in [0.2, 0.25) is 0 Å². The molecular formula is C17H15BrClNS. The third-order valence-corrected chi connectivity index (χ3v) is 5.80. The second kappa shape index (κ2) is 5.99. The maximum Gasteiger partial charge on any atom is 0.0642 e. The molecule has 0 saturated heterocycles. The van der Waals surface area contributed by atoms with E-state index < -0.39 is 0 Å². The summed E-state index contributed by atoms with van der Waals surface area (Å²) in [5.74, 6) is 0. The van der Waals surface area contributed by atoms with Gasteiger partial charge in [-0.25, -0.2) is 0 Å². The molecule has 1 heterocycles. The molecule has 1 aromatic heterocycles. The summed E-state index contributed by atoms with van der Waals surface area (Å²) in [5, 5.41) is 5.51. The van der Waals surface area contributed by atoms with Gasteiger partial charge < -0.3 is 5.32 Å². The van der Waals surface area contributed by atoms with Crippen LogP contribution in [-0.4, -0.2) is 0 Å². The van der Waals surface area contributed by atoms with Crippen molar-refractivity contribution in [2.45, 2.75) is 20.4 Å². The first kappa shape index (κ1) is 14.9. The maximum atomic E-state index is 6.49. The van der Waals surface area contributed by atoms with Gasteiger partial charge in [-0.1, -0.05) is 35.9 Å². The van der Waals surface area contributed by atoms with Crippen LogP contribution in [0.3, 0.4) is 0 Å². The zero-order valence-electron chi connectivity index (χ0n) is 11.8. The lowest BCUT2D eigenvalue weighted by Gasteiger charge is -2.12. The van der Waals surface area contributed by atoms with Crippen LogP contribution in [0.5, 0.6) is 0 Å². The second-order valence-corrected chi connectivity index (χ2v) is 7.50. The predicted octanol–water partition coefficient (Wildman–Crippen LogP) is 6.55. The Bertz CT molecular complexity index is 787. The standard InChI is InChI=1S/C17H15BrClNS/c1-10-7-11(2)17(13(18)8-10)20-9-15-16(19)12-5-3-4-6-14(12)21-15/h3-8,20H,9H2,1-2H3. The topological polar surface area (TPSA) is 12.0 Å². The fourth-order valence-corrected chi connectivity index (χ4v) is 4.74. The summed E-state index contributed by atoms with van der Waals surface area (Å²) in [6.45, 7) is 4.96. The van der Waals surface area contributed by atoms with Crippen LogP contribution >= 0.6 is 38.9 Å². The first-order valence-electron chi connectivity index (χ1n) is 6.73. The quantitative estimate of drug-likeness (QED) is 0.543. The Balaban J connectivity index is 1.89. The van der Waals surface area contributed by atoms with Crippen molar-refractivity contribution in [2.24, 2.45) is 0 Å². The molecule has 0 radical (unpaired) electrons. The molecule has 0 aliphatic rings. The van der Waals surface area contributed by atoms with Crippen LogP contribution in [-0.2, 0) is 6.54 Å². The number of thiophene rings is 1. The third-order valence-electron chi connectivity index (χ3n) is 3.46. The summed E-state index contributed by atoms with van der Waals surface area (Å²) in [5.41, 5.74) is 3.62. The Labute approximate surface area is 142 Å². The number of nitrogens with one attached hydrogen (secondary N) is 1. The monoisotopic (exact) mass is 379 g/mol. The Morgan fingerprint density at radius 2 is 1.95 bits per heavy atom. The van der Waals surface area contributed by atoms with E-state index in [0.29, 0.717) is 0 Å². The van der Waals surface area contributed by atoms with Gasteiger partial charge in [0, 0.05) is 19.4 Å². The van der Waals surface area contributed by atoms with Crippen molar-refractivity contribution in [2.75, 3.05) is 5.32 Å². The van der Waals surface area contributed by atoms with Gasteiger partial charge in [0.15, 0.2) is 0 Å². The Morgan fingerprint density at radius 1 is 1.19 bits per heavy atom. The Morgan fingerprint density at radius 3 is 2.67 bits per heavy atom. The molecule has 0 amide bonds. The Kier molecular flexibility index (Phi) is 4.25. The summed E-state index contributed by atoms with van der Waals surface area (Å²) in [6.07, 6.45) is 0. The van der Waals surface area contributed by atoms with E-state index in [9.17, 15) is 0 Å². The molecule has 0 bridgehead atoms. The van der Waals surface area contributed by atoms with E-state index in [4.69, 9.17) is 11.6 Å². The van der Waals surface area contributed by atoms with Crippen molar-refractivity contribution in [1.29, 1.82) is 0 Å². The molecule has 108 valence electrons. The highest BCUT2D eigenvalue weighted by atomic mass is 79.9. The average molecular weight is 381 g/mol. The van der Waals surface area contributed by atoms with E-state index in [1.165, 1.54) is 20.7 Å². The van der Waals surface area contributed by atoms with Crippen LogP contribution in [0.25, 0.3) is 10.1 Å². The van der Waals surface area contributed by atoms with Crippen LogP contribution < -0.4 is 5.32 Å². The summed E-state index contributed by atoms with van der Waals surface area (Å²) in [4.78, 5) is 1.17. The van der Waals surface area contributed by atoms with E-state index in [2.05, 4.69) is 59.4 Å². The van der Waals surface area contributed by atoms with Crippen LogP contribution in [0, 0.1) is 13.8 Å². The third kappa shape index (κ3) is 2.96. The number of halogens is 2. The molecule has 1 nitrogen and oxygen atoms in total. The minimum atomic E-state index is 0.737. The zero-order chi connectivity index (χ0) is 15.0. The SMILES string of the molecule is Cc1cc(C)c(NCc2sc3ccccc3c2Cl)c(Br)c1. The predicted molar refractivity (Wildman–Crippen MR) is 97.8 cm³/mol. The van der Waals surface area contributed by atoms with Crippen molar-refractivity contribution in [3.63, 3.8) is 0 Å². The molecule has 2 aromatic carbocycles. The van der Waals surface area contributed by atoms with Gasteiger partial charge in [0.25, 0.3) is 0 Å². The lowest BCUT2D eigenvalue weighted by molar-refractivity contribution is 1.17. The zero-order valence-corrected chi connectivity index (χ0v) is 15.0. The van der Waals surface area contributed by atoms with E-state index in [-0.39, 0.29) is 0 Å². The number of benzene rings is 2. The smallest absolute Gasteiger partial charge is 0.0642 e. The van der Waals surface area contributed by atoms with Gasteiger partial charge in [-0.15, -0.1) is 11.3 Å². The van der Waals surface area contributed by atoms with E-state index in [0.717, 1.165) is 27.1 Å². The van der Waals surface area contributed by atoms with Crippen molar-refractivity contribution in [3.05, 3.63) is 61.9 Å². The number of rotatable bonds is 3. The minimum absolute atomic E-state index is 0.737. The first-order valence-corrected chi connectivity index (χ1v) is 8.71. The van der Waals surface area contributed by atoms with Crippen molar-refractivity contribution >= 4 is 54.6 Å². The highest BCUT2D eigenvalue weighted by Gasteiger charge is 2.11. The maximum absolute atomic E-state index is 6.49. The summed E-state index contributed by atoms with van der Waals surface area (Å²) < 4.78 is 2.33. The van der Waals surface area contributed by atoms with Crippen LogP contribution in [0.1, 0.15) is 16.0 Å². The molecule has 3 rings (SSSR count). The largest absolute Gasteiger partial charge is 0.379 e. The molecule has 4 heteroatoms. The minimum Gasteiger partial charge on any atom is -0.379 e.